The van der Waals surface area contributed by atoms with Gasteiger partial charge in [0.25, 0.3) is 0 Å². The standard InChI is InChI=1S/C4H12O6PSi/c1-11(5,6)10-3-2-4-12(7,8)9/h7-9H,2-4H2,1H3. The first-order valence-corrected chi connectivity index (χ1v) is 7.35. The molecule has 1 radical (unpaired) electrons. The number of hydrogen-bond acceptors (Lipinski definition) is 5. The lowest BCUT2D eigenvalue weighted by Crippen LogP contribution is -2.34. The maximum Gasteiger partial charge on any atom is 0.492 e. The van der Waals surface area contributed by atoms with E-state index in [2.05, 4.69) is 4.52 Å². The zero-order valence-corrected chi connectivity index (χ0v) is 8.53. The van der Waals surface area contributed by atoms with Gasteiger partial charge in [-0.25, -0.2) is 0 Å². The molecule has 0 saturated carbocycles. The Labute approximate surface area is 71.3 Å². The van der Waals surface area contributed by atoms with E-state index >= 15 is 0 Å². The Balaban J connectivity index is 3.41. The fraction of sp³-hybridized carbons (Fsp3) is 1.00. The van der Waals surface area contributed by atoms with Crippen LogP contribution in [-0.4, -0.2) is 36.5 Å². The van der Waals surface area contributed by atoms with Crippen molar-refractivity contribution in [2.24, 2.45) is 0 Å². The molecule has 6 nitrogen and oxygen atoms in total. The van der Waals surface area contributed by atoms with Gasteiger partial charge in [0.1, 0.15) is 0 Å². The third-order valence-electron chi connectivity index (χ3n) is 0.982. The van der Waals surface area contributed by atoms with E-state index in [4.69, 9.17) is 14.4 Å². The molecular formula is C4H12O6PSi. The predicted octanol–water partition coefficient (Wildman–Crippen LogP) is -0.438. The van der Waals surface area contributed by atoms with Gasteiger partial charge < -0.3 is 18.9 Å². The predicted molar refractivity (Wildman–Crippen MR) is 42.0 cm³/mol. The minimum atomic E-state index is -4.03. The lowest BCUT2D eigenvalue weighted by molar-refractivity contribution is 0.208. The van der Waals surface area contributed by atoms with Crippen LogP contribution in [0.25, 0.3) is 0 Å². The third-order valence-corrected chi connectivity index (χ3v) is 2.66. The highest BCUT2D eigenvalue weighted by atomic mass is 31.2. The second-order valence-electron chi connectivity index (χ2n) is 2.48. The number of rotatable bonds is 5. The Bertz CT molecular complexity index is 171. The second kappa shape index (κ2) is 4.47. The van der Waals surface area contributed by atoms with E-state index in [1.165, 1.54) is 0 Å². The summed E-state index contributed by atoms with van der Waals surface area (Å²) in [5.41, 5.74) is 0. The molecule has 0 aromatic carbocycles. The normalized spacial score (nSPS) is 17.4. The van der Waals surface area contributed by atoms with Gasteiger partial charge in [-0.2, -0.15) is 0 Å². The van der Waals surface area contributed by atoms with E-state index in [-0.39, 0.29) is 19.1 Å². The van der Waals surface area contributed by atoms with Crippen molar-refractivity contribution in [3.8, 4) is 0 Å². The van der Waals surface area contributed by atoms with E-state index in [0.29, 0.717) is 0 Å². The molecule has 0 aliphatic rings. The van der Waals surface area contributed by atoms with Crippen LogP contribution < -0.4 is 0 Å². The van der Waals surface area contributed by atoms with Crippen LogP contribution in [-0.2, 0) is 14.0 Å². The van der Waals surface area contributed by atoms with Gasteiger partial charge >= 0.3 is 16.4 Å². The summed E-state index contributed by atoms with van der Waals surface area (Å²) in [5, 5.41) is 0. The Morgan fingerprint density at radius 1 is 1.42 bits per heavy atom. The van der Waals surface area contributed by atoms with Crippen molar-refractivity contribution in [1.29, 1.82) is 0 Å². The molecule has 1 unspecified atom stereocenters. The average molecular weight is 215 g/mol. The van der Waals surface area contributed by atoms with E-state index in [9.17, 15) is 9.46 Å². The molecule has 8 heteroatoms. The van der Waals surface area contributed by atoms with E-state index < -0.39 is 16.4 Å². The summed E-state index contributed by atoms with van der Waals surface area (Å²) in [6.07, 6.45) is 0.107. The van der Waals surface area contributed by atoms with Gasteiger partial charge in [0.2, 0.25) is 0 Å². The van der Waals surface area contributed by atoms with Crippen molar-refractivity contribution in [2.75, 3.05) is 13.3 Å². The third kappa shape index (κ3) is 10.2. The van der Waals surface area contributed by atoms with Crippen molar-refractivity contribution in [3.05, 3.63) is 0 Å². The first-order chi connectivity index (χ1) is 5.21. The second-order valence-corrected chi connectivity index (χ2v) is 6.33. The Morgan fingerprint density at radius 2 is 1.92 bits per heavy atom. The van der Waals surface area contributed by atoms with Gasteiger partial charge in [-0.15, -0.1) is 4.89 Å². The summed E-state index contributed by atoms with van der Waals surface area (Å²) >= 11 is 0. The SMILES string of the molecule is CP([O])(=O)OCCC[Si](O)(O)O. The molecule has 1 atom stereocenters. The van der Waals surface area contributed by atoms with Gasteiger partial charge in [-0.3, -0.25) is 4.57 Å². The Hall–Kier alpha value is 0.247. The molecule has 0 amide bonds. The van der Waals surface area contributed by atoms with Crippen LogP contribution in [0.2, 0.25) is 6.04 Å². The van der Waals surface area contributed by atoms with Gasteiger partial charge in [-0.05, 0) is 6.42 Å². The molecule has 0 aromatic heterocycles. The fourth-order valence-corrected chi connectivity index (χ4v) is 1.62. The van der Waals surface area contributed by atoms with Gasteiger partial charge in [0.15, 0.2) is 0 Å². The van der Waals surface area contributed by atoms with Crippen molar-refractivity contribution in [1.82, 2.24) is 0 Å². The molecule has 0 aliphatic heterocycles. The van der Waals surface area contributed by atoms with Crippen LogP contribution in [0.3, 0.4) is 0 Å². The fourth-order valence-electron chi connectivity index (χ4n) is 0.540. The molecule has 0 fully saturated rings. The van der Waals surface area contributed by atoms with Gasteiger partial charge in [-0.1, -0.05) is 0 Å². The lowest BCUT2D eigenvalue weighted by Gasteiger charge is -2.09. The first-order valence-electron chi connectivity index (χ1n) is 3.31. The molecule has 0 heterocycles. The van der Waals surface area contributed by atoms with E-state index in [0.717, 1.165) is 6.66 Å². The zero-order valence-electron chi connectivity index (χ0n) is 6.63. The van der Waals surface area contributed by atoms with E-state index in [1.54, 1.807) is 0 Å². The van der Waals surface area contributed by atoms with Crippen LogP contribution in [0.4, 0.5) is 0 Å². The smallest absolute Gasteiger partial charge is 0.390 e. The minimum absolute atomic E-state index is 0.107. The van der Waals surface area contributed by atoms with Crippen LogP contribution in [0.5, 0.6) is 0 Å². The van der Waals surface area contributed by atoms with Crippen LogP contribution in [0.15, 0.2) is 0 Å². The quantitative estimate of drug-likeness (QED) is 0.327. The molecule has 73 valence electrons. The summed E-state index contributed by atoms with van der Waals surface area (Å²) in [4.78, 5) is 35.9. The maximum absolute atomic E-state index is 10.4. The monoisotopic (exact) mass is 215 g/mol. The summed E-state index contributed by atoms with van der Waals surface area (Å²) < 4.78 is 14.7. The molecule has 0 saturated heterocycles. The van der Waals surface area contributed by atoms with Crippen LogP contribution in [0.1, 0.15) is 6.42 Å². The average Bonchev–Trinajstić information content (AvgIpc) is 1.76. The zero-order chi connectivity index (χ0) is 9.83. The number of hydrogen-bond donors (Lipinski definition) is 3. The minimum Gasteiger partial charge on any atom is -0.390 e. The molecule has 0 aliphatic carbocycles. The Morgan fingerprint density at radius 3 is 2.25 bits per heavy atom. The van der Waals surface area contributed by atoms with Crippen molar-refractivity contribution >= 4 is 16.4 Å². The largest absolute Gasteiger partial charge is 0.492 e. The maximum atomic E-state index is 10.4. The summed E-state index contributed by atoms with van der Waals surface area (Å²) in [6, 6.07) is -0.215. The molecule has 0 aromatic rings. The molecule has 3 N–H and O–H groups in total. The summed E-state index contributed by atoms with van der Waals surface area (Å²) in [7, 11) is -7.75. The highest BCUT2D eigenvalue weighted by Crippen LogP contribution is 2.37. The first kappa shape index (κ1) is 12.2. The topological polar surface area (TPSA) is 107 Å². The summed E-state index contributed by atoms with van der Waals surface area (Å²) in [6.45, 7) is 0.794. The van der Waals surface area contributed by atoms with Gasteiger partial charge in [0.05, 0.1) is 6.61 Å². The molecule has 0 bridgehead atoms. The highest BCUT2D eigenvalue weighted by Gasteiger charge is 2.26. The van der Waals surface area contributed by atoms with Crippen molar-refractivity contribution < 1.29 is 28.4 Å². The molecular weight excluding hydrogens is 203 g/mol. The highest BCUT2D eigenvalue weighted by molar-refractivity contribution is 7.51. The molecule has 12 heavy (non-hydrogen) atoms. The van der Waals surface area contributed by atoms with Crippen molar-refractivity contribution in [2.45, 2.75) is 12.5 Å². The van der Waals surface area contributed by atoms with Crippen LogP contribution in [0, 0.1) is 0 Å². The summed E-state index contributed by atoms with van der Waals surface area (Å²) in [5.74, 6) is 0. The van der Waals surface area contributed by atoms with E-state index in [1.807, 2.05) is 0 Å². The van der Waals surface area contributed by atoms with Crippen LogP contribution >= 0.6 is 7.60 Å². The van der Waals surface area contributed by atoms with Crippen molar-refractivity contribution in [3.63, 3.8) is 0 Å². The molecule has 0 rings (SSSR count). The lowest BCUT2D eigenvalue weighted by atomic mass is 10.5. The Kier molecular flexibility index (Phi) is 4.57. The molecule has 0 spiro atoms. The van der Waals surface area contributed by atoms with Gasteiger partial charge in [0, 0.05) is 12.7 Å².